The fourth-order valence-corrected chi connectivity index (χ4v) is 2.64. The molecule has 0 aromatic carbocycles. The first-order valence-corrected chi connectivity index (χ1v) is 9.02. The van der Waals surface area contributed by atoms with Crippen molar-refractivity contribution in [1.82, 2.24) is 0 Å². The van der Waals surface area contributed by atoms with Gasteiger partial charge in [-0.15, -0.1) is 23.1 Å². The summed E-state index contributed by atoms with van der Waals surface area (Å²) in [5.74, 6) is -0.222. The Morgan fingerprint density at radius 3 is 2.23 bits per heavy atom. The van der Waals surface area contributed by atoms with Gasteiger partial charge in [0.1, 0.15) is 4.88 Å². The third kappa shape index (κ3) is 8.50. The van der Waals surface area contributed by atoms with Crippen LogP contribution < -0.4 is 0 Å². The Kier molecular flexibility index (Phi) is 9.23. The van der Waals surface area contributed by atoms with Gasteiger partial charge in [-0.2, -0.15) is 8.42 Å². The van der Waals surface area contributed by atoms with Crippen LogP contribution in [0.4, 0.5) is 0 Å². The van der Waals surface area contributed by atoms with Gasteiger partial charge in [0.05, 0.1) is 6.10 Å². The number of thiophene rings is 1. The van der Waals surface area contributed by atoms with E-state index in [0.717, 1.165) is 4.90 Å². The molecule has 0 bridgehead atoms. The normalized spacial score (nSPS) is 9.82. The Hall–Kier alpha value is -1.77. The summed E-state index contributed by atoms with van der Waals surface area (Å²) >= 11 is 3.06. The van der Waals surface area contributed by atoms with Crippen LogP contribution in [0.3, 0.4) is 0 Å². The van der Waals surface area contributed by atoms with Gasteiger partial charge in [-0.3, -0.25) is 0 Å². The highest BCUT2D eigenvalue weighted by Crippen LogP contribution is 2.23. The van der Waals surface area contributed by atoms with Crippen molar-refractivity contribution in [3.8, 4) is 0 Å². The molecule has 1 heterocycles. The summed E-state index contributed by atoms with van der Waals surface area (Å²) in [6.07, 6.45) is 3.35. The van der Waals surface area contributed by atoms with Gasteiger partial charge in [0.2, 0.25) is 0 Å². The zero-order valence-corrected chi connectivity index (χ0v) is 14.3. The molecule has 0 aliphatic carbocycles. The maximum Gasteiger partial charge on any atom is 0.383 e. The number of carbonyl (C=O) groups is 1. The zero-order chi connectivity index (χ0) is 17.2. The maximum absolute atomic E-state index is 11.4. The van der Waals surface area contributed by atoms with E-state index in [4.69, 9.17) is 4.74 Å². The fourth-order valence-electron chi connectivity index (χ4n) is 0.920. The van der Waals surface area contributed by atoms with Crippen LogP contribution in [0.25, 0.3) is 0 Å². The number of hydrogen-bond acceptors (Lipinski definition) is 8. The van der Waals surface area contributed by atoms with Crippen molar-refractivity contribution >= 4 is 51.4 Å². The molecule has 0 fully saturated rings. The van der Waals surface area contributed by atoms with Crippen molar-refractivity contribution in [3.05, 3.63) is 16.3 Å². The zero-order valence-electron chi connectivity index (χ0n) is 11.8. The van der Waals surface area contributed by atoms with Crippen LogP contribution in [0, 0.1) is 0 Å². The number of isocyanates is 2. The van der Waals surface area contributed by atoms with Crippen molar-refractivity contribution in [3.63, 3.8) is 0 Å². The average molecular weight is 364 g/mol. The first-order valence-electron chi connectivity index (χ1n) is 5.52. The molecule has 1 aromatic heterocycles. The molecule has 120 valence electrons. The van der Waals surface area contributed by atoms with E-state index in [1.165, 1.54) is 11.3 Å². The number of carbonyl (C=O) groups excluding carboxylic acids is 3. The van der Waals surface area contributed by atoms with Gasteiger partial charge >= 0.3 is 16.2 Å². The Balaban J connectivity index is 0.000000433. The van der Waals surface area contributed by atoms with Gasteiger partial charge in [0.15, 0.2) is 0 Å². The van der Waals surface area contributed by atoms with Gasteiger partial charge in [0.25, 0.3) is 12.2 Å². The van der Waals surface area contributed by atoms with Crippen molar-refractivity contribution in [1.29, 1.82) is 0 Å². The molecule has 11 heteroatoms. The van der Waals surface area contributed by atoms with Gasteiger partial charge in [-0.05, 0) is 26.2 Å². The Labute approximate surface area is 135 Å². The lowest BCUT2D eigenvalue weighted by atomic mass is 10.4. The minimum Gasteiger partial charge on any atom is -0.459 e. The van der Waals surface area contributed by atoms with Crippen LogP contribution >= 0.6 is 23.1 Å². The van der Waals surface area contributed by atoms with E-state index in [2.05, 4.69) is 8.80 Å². The summed E-state index contributed by atoms with van der Waals surface area (Å²) < 4.78 is 29.4. The van der Waals surface area contributed by atoms with Crippen LogP contribution in [0.5, 0.6) is 0 Å². The molecule has 0 aliphatic heterocycles. The predicted molar refractivity (Wildman–Crippen MR) is 81.8 cm³/mol. The van der Waals surface area contributed by atoms with E-state index in [0.29, 0.717) is 17.0 Å². The number of ether oxygens (including phenoxy) is 1. The second kappa shape index (κ2) is 10.0. The van der Waals surface area contributed by atoms with Crippen LogP contribution in [-0.2, 0) is 24.5 Å². The molecule has 0 saturated heterocycles. The first kappa shape index (κ1) is 20.2. The van der Waals surface area contributed by atoms with Gasteiger partial charge < -0.3 is 4.74 Å². The first-order chi connectivity index (χ1) is 10.3. The standard InChI is InChI=1S/C9H12O2S2.C2N2O4S/c1-6(2)11-9(10)8-4-7(12-3)5-13-8;5-1-3-9(7,8)4-2-6/h4-6H,1-3H3;. The SMILES string of the molecule is CSc1csc(C(=O)OC(C)C)c1.O=C=NS(=O)(=O)N=C=O. The molecular weight excluding hydrogens is 352 g/mol. The molecule has 0 radical (unpaired) electrons. The highest BCUT2D eigenvalue weighted by Gasteiger charge is 2.11. The Bertz CT molecular complexity index is 673. The molecule has 1 aromatic rings. The lowest BCUT2D eigenvalue weighted by Gasteiger charge is -2.05. The number of hydrogen-bond donors (Lipinski definition) is 0. The molecule has 0 aliphatic rings. The van der Waals surface area contributed by atoms with E-state index in [1.807, 2.05) is 31.5 Å². The third-order valence-electron chi connectivity index (χ3n) is 1.66. The van der Waals surface area contributed by atoms with Crippen molar-refractivity contribution in [2.75, 3.05) is 6.26 Å². The lowest BCUT2D eigenvalue weighted by Crippen LogP contribution is -2.09. The molecule has 0 saturated carbocycles. The van der Waals surface area contributed by atoms with Gasteiger partial charge in [-0.1, -0.05) is 8.80 Å². The summed E-state index contributed by atoms with van der Waals surface area (Å²) in [4.78, 5) is 31.6. The Morgan fingerprint density at radius 2 is 1.86 bits per heavy atom. The van der Waals surface area contributed by atoms with Gasteiger partial charge in [-0.25, -0.2) is 14.4 Å². The van der Waals surface area contributed by atoms with Crippen LogP contribution in [-0.4, -0.2) is 38.9 Å². The lowest BCUT2D eigenvalue weighted by molar-refractivity contribution is 0.0383. The molecular formula is C11H12N2O6S3. The second-order valence-electron chi connectivity index (χ2n) is 3.62. The third-order valence-corrected chi connectivity index (χ3v) is 4.04. The molecule has 1 rings (SSSR count). The number of nitrogens with zero attached hydrogens (tertiary/aromatic N) is 2. The largest absolute Gasteiger partial charge is 0.459 e. The summed E-state index contributed by atoms with van der Waals surface area (Å²) in [5, 5.41) is 1.96. The smallest absolute Gasteiger partial charge is 0.383 e. The monoisotopic (exact) mass is 364 g/mol. The van der Waals surface area contributed by atoms with Crippen LogP contribution in [0.1, 0.15) is 23.5 Å². The Morgan fingerprint density at radius 1 is 1.32 bits per heavy atom. The number of thioether (sulfide) groups is 1. The predicted octanol–water partition coefficient (Wildman–Crippen LogP) is 1.94. The minimum atomic E-state index is -4.28. The molecule has 0 N–H and O–H groups in total. The van der Waals surface area contributed by atoms with Crippen molar-refractivity contribution < 1.29 is 27.5 Å². The van der Waals surface area contributed by atoms with E-state index in [1.54, 1.807) is 11.8 Å². The maximum atomic E-state index is 11.4. The molecule has 22 heavy (non-hydrogen) atoms. The highest BCUT2D eigenvalue weighted by molar-refractivity contribution is 7.98. The summed E-state index contributed by atoms with van der Waals surface area (Å²) in [6.45, 7) is 3.70. The second-order valence-corrected chi connectivity index (χ2v) is 6.67. The van der Waals surface area contributed by atoms with Crippen molar-refractivity contribution in [2.24, 2.45) is 8.80 Å². The number of esters is 1. The molecule has 8 nitrogen and oxygen atoms in total. The van der Waals surface area contributed by atoms with Crippen molar-refractivity contribution in [2.45, 2.75) is 24.8 Å². The summed E-state index contributed by atoms with van der Waals surface area (Å²) in [7, 11) is -4.28. The van der Waals surface area contributed by atoms with Gasteiger partial charge in [0, 0.05) is 10.3 Å². The van der Waals surface area contributed by atoms with Crippen LogP contribution in [0.15, 0.2) is 25.1 Å². The molecule has 0 unspecified atom stereocenters. The quantitative estimate of drug-likeness (QED) is 0.339. The van der Waals surface area contributed by atoms with Crippen LogP contribution in [0.2, 0.25) is 0 Å². The van der Waals surface area contributed by atoms with E-state index in [-0.39, 0.29) is 12.1 Å². The molecule has 0 spiro atoms. The molecule has 0 atom stereocenters. The van der Waals surface area contributed by atoms with E-state index >= 15 is 0 Å². The summed E-state index contributed by atoms with van der Waals surface area (Å²) in [5.41, 5.74) is 0. The highest BCUT2D eigenvalue weighted by atomic mass is 32.2. The van der Waals surface area contributed by atoms with E-state index < -0.39 is 10.2 Å². The molecule has 0 amide bonds. The minimum absolute atomic E-state index is 0.0488. The summed E-state index contributed by atoms with van der Waals surface area (Å²) in [6, 6.07) is 1.86. The topological polar surface area (TPSA) is 119 Å². The average Bonchev–Trinajstić information content (AvgIpc) is 2.87. The number of rotatable bonds is 5. The van der Waals surface area contributed by atoms with E-state index in [9.17, 15) is 22.8 Å². The fraction of sp³-hybridized carbons (Fsp3) is 0.364.